The van der Waals surface area contributed by atoms with Crippen LogP contribution in [0.15, 0.2) is 48.5 Å². The van der Waals surface area contributed by atoms with Crippen LogP contribution < -0.4 is 14.8 Å². The monoisotopic (exact) mass is 357 g/mol. The molecular weight excluding hydrogens is 334 g/mol. The molecule has 1 atom stereocenters. The zero-order valence-electron chi connectivity index (χ0n) is 15.2. The lowest BCUT2D eigenvalue weighted by Gasteiger charge is -2.18. The molecule has 1 amide bonds. The van der Waals surface area contributed by atoms with Gasteiger partial charge in [-0.05, 0) is 35.4 Å². The predicted octanol–water partition coefficient (Wildman–Crippen LogP) is 3.01. The molecule has 0 saturated carbocycles. The van der Waals surface area contributed by atoms with Crippen LogP contribution in [0.2, 0.25) is 0 Å². The molecular formula is C20H23NO5. The van der Waals surface area contributed by atoms with E-state index >= 15 is 0 Å². The summed E-state index contributed by atoms with van der Waals surface area (Å²) >= 11 is 0. The molecule has 6 nitrogen and oxygen atoms in total. The Morgan fingerprint density at radius 2 is 1.69 bits per heavy atom. The maximum absolute atomic E-state index is 12.2. The van der Waals surface area contributed by atoms with Gasteiger partial charge in [0.2, 0.25) is 5.91 Å². The van der Waals surface area contributed by atoms with Crippen LogP contribution in [0.5, 0.6) is 11.5 Å². The Morgan fingerprint density at radius 3 is 2.31 bits per heavy atom. The van der Waals surface area contributed by atoms with Crippen LogP contribution in [-0.4, -0.2) is 26.1 Å². The van der Waals surface area contributed by atoms with E-state index in [4.69, 9.17) is 14.2 Å². The lowest BCUT2D eigenvalue weighted by Crippen LogP contribution is -2.28. The SMILES string of the molecule is COc1ccc([C@@H](CC(=O)OCc2cccc(OC)c2)NC(C)=O)cc1. The molecule has 2 aromatic carbocycles. The summed E-state index contributed by atoms with van der Waals surface area (Å²) in [5.74, 6) is 0.789. The summed E-state index contributed by atoms with van der Waals surface area (Å²) in [6, 6.07) is 14.0. The van der Waals surface area contributed by atoms with Gasteiger partial charge in [-0.15, -0.1) is 0 Å². The van der Waals surface area contributed by atoms with E-state index in [0.29, 0.717) is 11.5 Å². The third kappa shape index (κ3) is 5.81. The Labute approximate surface area is 153 Å². The molecule has 1 N–H and O–H groups in total. The van der Waals surface area contributed by atoms with Crippen LogP contribution in [0.4, 0.5) is 0 Å². The van der Waals surface area contributed by atoms with E-state index in [9.17, 15) is 9.59 Å². The minimum Gasteiger partial charge on any atom is -0.497 e. The third-order valence-corrected chi connectivity index (χ3v) is 3.80. The predicted molar refractivity (Wildman–Crippen MR) is 97.0 cm³/mol. The van der Waals surface area contributed by atoms with Gasteiger partial charge in [0.25, 0.3) is 0 Å². The van der Waals surface area contributed by atoms with E-state index in [2.05, 4.69) is 5.32 Å². The maximum Gasteiger partial charge on any atom is 0.308 e. The van der Waals surface area contributed by atoms with Gasteiger partial charge in [-0.3, -0.25) is 9.59 Å². The number of esters is 1. The van der Waals surface area contributed by atoms with Crippen molar-refractivity contribution in [3.05, 3.63) is 59.7 Å². The van der Waals surface area contributed by atoms with Crippen molar-refractivity contribution in [2.24, 2.45) is 0 Å². The molecule has 0 aliphatic rings. The number of hydrogen-bond donors (Lipinski definition) is 1. The summed E-state index contributed by atoms with van der Waals surface area (Å²) in [6.07, 6.45) is 0.0376. The first-order valence-electron chi connectivity index (χ1n) is 8.21. The highest BCUT2D eigenvalue weighted by atomic mass is 16.5. The molecule has 0 radical (unpaired) electrons. The van der Waals surface area contributed by atoms with E-state index in [1.54, 1.807) is 26.4 Å². The molecule has 2 aromatic rings. The van der Waals surface area contributed by atoms with E-state index in [1.165, 1.54) is 6.92 Å². The van der Waals surface area contributed by atoms with Crippen molar-refractivity contribution in [3.63, 3.8) is 0 Å². The maximum atomic E-state index is 12.2. The first-order chi connectivity index (χ1) is 12.5. The number of methoxy groups -OCH3 is 2. The van der Waals surface area contributed by atoms with Crippen molar-refractivity contribution in [1.29, 1.82) is 0 Å². The fraction of sp³-hybridized carbons (Fsp3) is 0.300. The number of carbonyl (C=O) groups excluding carboxylic acids is 2. The van der Waals surface area contributed by atoms with Gasteiger partial charge in [0.05, 0.1) is 26.7 Å². The highest BCUT2D eigenvalue weighted by Gasteiger charge is 2.18. The average molecular weight is 357 g/mol. The van der Waals surface area contributed by atoms with Gasteiger partial charge >= 0.3 is 5.97 Å². The highest BCUT2D eigenvalue weighted by Crippen LogP contribution is 2.21. The fourth-order valence-corrected chi connectivity index (χ4v) is 2.49. The Morgan fingerprint density at radius 1 is 1.00 bits per heavy atom. The van der Waals surface area contributed by atoms with Gasteiger partial charge in [0, 0.05) is 6.92 Å². The molecule has 0 saturated heterocycles. The lowest BCUT2D eigenvalue weighted by atomic mass is 10.0. The van der Waals surface area contributed by atoms with Crippen molar-refractivity contribution in [3.8, 4) is 11.5 Å². The number of amides is 1. The van der Waals surface area contributed by atoms with E-state index in [1.807, 2.05) is 36.4 Å². The van der Waals surface area contributed by atoms with Gasteiger partial charge in [-0.25, -0.2) is 0 Å². The molecule has 6 heteroatoms. The van der Waals surface area contributed by atoms with E-state index in [-0.39, 0.29) is 18.9 Å². The molecule has 0 spiro atoms. The minimum absolute atomic E-state index is 0.0376. The summed E-state index contributed by atoms with van der Waals surface area (Å²) in [7, 11) is 3.16. The average Bonchev–Trinajstić information content (AvgIpc) is 2.65. The molecule has 0 heterocycles. The lowest BCUT2D eigenvalue weighted by molar-refractivity contribution is -0.145. The molecule has 0 unspecified atom stereocenters. The Hall–Kier alpha value is -3.02. The second-order valence-electron chi connectivity index (χ2n) is 5.74. The van der Waals surface area contributed by atoms with Crippen LogP contribution >= 0.6 is 0 Å². The number of nitrogens with one attached hydrogen (secondary N) is 1. The smallest absolute Gasteiger partial charge is 0.308 e. The summed E-state index contributed by atoms with van der Waals surface area (Å²) in [6.45, 7) is 1.56. The summed E-state index contributed by atoms with van der Waals surface area (Å²) in [5, 5.41) is 2.78. The highest BCUT2D eigenvalue weighted by molar-refractivity contribution is 5.76. The Balaban J connectivity index is 1.99. The molecule has 2 rings (SSSR count). The number of rotatable bonds is 8. The number of benzene rings is 2. The van der Waals surface area contributed by atoms with Gasteiger partial charge in [0.1, 0.15) is 18.1 Å². The zero-order chi connectivity index (χ0) is 18.9. The third-order valence-electron chi connectivity index (χ3n) is 3.80. The van der Waals surface area contributed by atoms with Gasteiger partial charge in [0.15, 0.2) is 0 Å². The van der Waals surface area contributed by atoms with Gasteiger partial charge in [-0.2, -0.15) is 0 Å². The first-order valence-corrected chi connectivity index (χ1v) is 8.21. The molecule has 0 aliphatic heterocycles. The van der Waals surface area contributed by atoms with Gasteiger partial charge in [-0.1, -0.05) is 24.3 Å². The Bertz CT molecular complexity index is 742. The van der Waals surface area contributed by atoms with Crippen LogP contribution in [0, 0.1) is 0 Å². The molecule has 0 aromatic heterocycles. The quantitative estimate of drug-likeness (QED) is 0.735. The van der Waals surface area contributed by atoms with Crippen LogP contribution in [0.25, 0.3) is 0 Å². The van der Waals surface area contributed by atoms with E-state index in [0.717, 1.165) is 11.1 Å². The molecule has 138 valence electrons. The van der Waals surface area contributed by atoms with Crippen LogP contribution in [-0.2, 0) is 20.9 Å². The van der Waals surface area contributed by atoms with Crippen molar-refractivity contribution >= 4 is 11.9 Å². The summed E-state index contributed by atoms with van der Waals surface area (Å²) in [5.41, 5.74) is 1.64. The second-order valence-corrected chi connectivity index (χ2v) is 5.74. The topological polar surface area (TPSA) is 73.9 Å². The largest absolute Gasteiger partial charge is 0.497 e. The van der Waals surface area contributed by atoms with Crippen molar-refractivity contribution in [1.82, 2.24) is 5.32 Å². The summed E-state index contributed by atoms with van der Waals surface area (Å²) in [4.78, 5) is 23.7. The number of carbonyl (C=O) groups is 2. The molecule has 0 fully saturated rings. The summed E-state index contributed by atoms with van der Waals surface area (Å²) < 4.78 is 15.6. The minimum atomic E-state index is -0.462. The molecule has 0 aliphatic carbocycles. The first kappa shape index (κ1) is 19.3. The Kier molecular flexibility index (Phi) is 7.02. The number of ether oxygens (including phenoxy) is 3. The van der Waals surface area contributed by atoms with Crippen molar-refractivity contribution in [2.45, 2.75) is 26.0 Å². The van der Waals surface area contributed by atoms with Crippen LogP contribution in [0.3, 0.4) is 0 Å². The second kappa shape index (κ2) is 9.46. The van der Waals surface area contributed by atoms with Crippen molar-refractivity contribution < 1.29 is 23.8 Å². The fourth-order valence-electron chi connectivity index (χ4n) is 2.49. The van der Waals surface area contributed by atoms with Gasteiger partial charge < -0.3 is 19.5 Å². The van der Waals surface area contributed by atoms with Crippen molar-refractivity contribution in [2.75, 3.05) is 14.2 Å². The van der Waals surface area contributed by atoms with Crippen LogP contribution in [0.1, 0.15) is 30.5 Å². The normalized spacial score (nSPS) is 11.3. The number of hydrogen-bond acceptors (Lipinski definition) is 5. The zero-order valence-corrected chi connectivity index (χ0v) is 15.2. The standard InChI is InChI=1S/C20H23NO5/c1-14(22)21-19(16-7-9-17(24-2)10-8-16)12-20(23)26-13-15-5-4-6-18(11-15)25-3/h4-11,19H,12-13H2,1-3H3,(H,21,22)/t19-/m1/s1. The molecule has 26 heavy (non-hydrogen) atoms. The molecule has 0 bridgehead atoms. The van der Waals surface area contributed by atoms with E-state index < -0.39 is 12.0 Å².